The fraction of sp³-hybridized carbons (Fsp3) is 0.333. The molecule has 1 amide bonds. The van der Waals surface area contributed by atoms with Crippen LogP contribution in [0.4, 0.5) is 14.9 Å². The number of rotatable bonds is 5. The maximum Gasteiger partial charge on any atom is 0.313 e. The molecule has 9 heteroatoms. The summed E-state index contributed by atoms with van der Waals surface area (Å²) >= 11 is 1.17. The average molecular weight is 314 g/mol. The number of amides is 1. The van der Waals surface area contributed by atoms with E-state index in [2.05, 4.69) is 0 Å². The highest BCUT2D eigenvalue weighted by Gasteiger charge is 2.23. The lowest BCUT2D eigenvalue weighted by molar-refractivity contribution is -0.385. The van der Waals surface area contributed by atoms with Crippen molar-refractivity contribution in [1.29, 1.82) is 0 Å². The molecule has 1 aliphatic rings. The molecule has 0 atom stereocenters. The quantitative estimate of drug-likeness (QED) is 0.358. The number of benzene rings is 1. The molecule has 1 aliphatic heterocycles. The first-order valence-electron chi connectivity index (χ1n) is 6.03. The summed E-state index contributed by atoms with van der Waals surface area (Å²) in [6, 6.07) is 2.63. The summed E-state index contributed by atoms with van der Waals surface area (Å²) in [6.07, 6.45) is -0.111. The van der Waals surface area contributed by atoms with E-state index in [0.29, 0.717) is 12.3 Å². The van der Waals surface area contributed by atoms with Gasteiger partial charge in [0.25, 0.3) is 5.24 Å². The van der Waals surface area contributed by atoms with Crippen molar-refractivity contribution in [3.05, 3.63) is 34.1 Å². The van der Waals surface area contributed by atoms with Gasteiger partial charge in [-0.25, -0.2) is 4.39 Å². The Kier molecular flexibility index (Phi) is 4.73. The molecule has 0 N–H and O–H groups in total. The van der Waals surface area contributed by atoms with Gasteiger partial charge in [0.1, 0.15) is 5.82 Å². The van der Waals surface area contributed by atoms with Gasteiger partial charge in [0.05, 0.1) is 11.3 Å². The van der Waals surface area contributed by atoms with Crippen molar-refractivity contribution >= 4 is 28.7 Å². The molecule has 0 aromatic heterocycles. The van der Waals surface area contributed by atoms with E-state index in [1.54, 1.807) is 0 Å². The second-order valence-electron chi connectivity index (χ2n) is 4.19. The number of ether oxygens (including phenoxy) is 1. The van der Waals surface area contributed by atoms with Crippen LogP contribution in [-0.4, -0.2) is 39.9 Å². The fourth-order valence-corrected chi connectivity index (χ4v) is 2.60. The Hall–Kier alpha value is -2.16. The number of carbonyl (C=O) groups is 2. The Bertz CT molecular complexity index is 595. The number of hydrogen-bond acceptors (Lipinski definition) is 6. The van der Waals surface area contributed by atoms with Crippen LogP contribution in [0.3, 0.4) is 0 Å². The van der Waals surface area contributed by atoms with Gasteiger partial charge in [0.2, 0.25) is 5.75 Å². The van der Waals surface area contributed by atoms with E-state index in [-0.39, 0.29) is 18.2 Å². The zero-order valence-electron chi connectivity index (χ0n) is 10.8. The highest BCUT2D eigenvalue weighted by Crippen LogP contribution is 2.28. The number of carbonyl (C=O) groups excluding carboxylic acids is 2. The summed E-state index contributed by atoms with van der Waals surface area (Å²) < 4.78 is 17.9. The summed E-state index contributed by atoms with van der Waals surface area (Å²) in [5.74, 6) is -1.27. The third-order valence-electron chi connectivity index (χ3n) is 2.77. The Labute approximate surface area is 123 Å². The van der Waals surface area contributed by atoms with E-state index in [4.69, 9.17) is 4.74 Å². The van der Waals surface area contributed by atoms with E-state index >= 15 is 0 Å². The van der Waals surface area contributed by atoms with Crippen LogP contribution in [0.1, 0.15) is 6.42 Å². The number of hydrogen-bond donors (Lipinski definition) is 0. The molecule has 7 nitrogen and oxygen atoms in total. The number of esters is 1. The Morgan fingerprint density at radius 2 is 2.29 bits per heavy atom. The van der Waals surface area contributed by atoms with Gasteiger partial charge in [0.15, 0.2) is 0 Å². The van der Waals surface area contributed by atoms with E-state index < -0.39 is 28.1 Å². The number of thioether (sulfide) groups is 1. The second kappa shape index (κ2) is 6.53. The van der Waals surface area contributed by atoms with Crippen molar-refractivity contribution in [1.82, 2.24) is 4.90 Å². The third-order valence-corrected chi connectivity index (χ3v) is 3.66. The molecule has 0 saturated carbocycles. The van der Waals surface area contributed by atoms with Crippen molar-refractivity contribution in [2.75, 3.05) is 18.8 Å². The van der Waals surface area contributed by atoms with Crippen molar-refractivity contribution in [3.8, 4) is 5.75 Å². The number of nitrogens with zero attached hydrogens (tertiary/aromatic N) is 2. The van der Waals surface area contributed by atoms with Gasteiger partial charge in [-0.15, -0.1) is 0 Å². The van der Waals surface area contributed by atoms with Crippen LogP contribution in [0, 0.1) is 15.9 Å². The van der Waals surface area contributed by atoms with Crippen LogP contribution in [0.5, 0.6) is 5.75 Å². The highest BCUT2D eigenvalue weighted by molar-refractivity contribution is 8.13. The number of nitro benzene ring substituents is 1. The molecule has 0 unspecified atom stereocenters. The van der Waals surface area contributed by atoms with Gasteiger partial charge in [-0.05, 0) is 6.07 Å². The van der Waals surface area contributed by atoms with Gasteiger partial charge < -0.3 is 9.64 Å². The lowest BCUT2D eigenvalue weighted by Crippen LogP contribution is -2.27. The largest absolute Gasteiger partial charge is 0.419 e. The number of nitro groups is 1. The molecule has 1 fully saturated rings. The van der Waals surface area contributed by atoms with E-state index in [0.717, 1.165) is 18.2 Å². The zero-order chi connectivity index (χ0) is 15.4. The molecule has 21 heavy (non-hydrogen) atoms. The van der Waals surface area contributed by atoms with Gasteiger partial charge in [0, 0.05) is 31.0 Å². The molecule has 0 spiro atoms. The second-order valence-corrected chi connectivity index (χ2v) is 5.24. The summed E-state index contributed by atoms with van der Waals surface area (Å²) in [5, 5.41) is 10.6. The molecule has 112 valence electrons. The van der Waals surface area contributed by atoms with Gasteiger partial charge >= 0.3 is 11.7 Å². The smallest absolute Gasteiger partial charge is 0.313 e. The van der Waals surface area contributed by atoms with Crippen LogP contribution in [0.2, 0.25) is 0 Å². The fourth-order valence-electron chi connectivity index (χ4n) is 1.75. The van der Waals surface area contributed by atoms with Gasteiger partial charge in [-0.3, -0.25) is 19.7 Å². The molecule has 0 aliphatic carbocycles. The monoisotopic (exact) mass is 314 g/mol. The normalized spacial score (nSPS) is 14.3. The van der Waals surface area contributed by atoms with Gasteiger partial charge in [-0.1, -0.05) is 11.8 Å². The maximum absolute atomic E-state index is 13.1. The summed E-state index contributed by atoms with van der Waals surface area (Å²) in [5.41, 5.74) is -0.488. The first kappa shape index (κ1) is 15.2. The lowest BCUT2D eigenvalue weighted by Gasteiger charge is -2.13. The number of halogens is 1. The summed E-state index contributed by atoms with van der Waals surface area (Å²) in [4.78, 5) is 34.5. The molecule has 0 radical (unpaired) electrons. The summed E-state index contributed by atoms with van der Waals surface area (Å²) in [6.45, 7) is 0.727. The Morgan fingerprint density at radius 1 is 1.52 bits per heavy atom. The molecule has 1 aromatic carbocycles. The van der Waals surface area contributed by atoms with Crippen LogP contribution < -0.4 is 4.74 Å². The van der Waals surface area contributed by atoms with Crippen LogP contribution >= 0.6 is 11.8 Å². The topological polar surface area (TPSA) is 89.8 Å². The first-order valence-corrected chi connectivity index (χ1v) is 7.02. The van der Waals surface area contributed by atoms with Crippen molar-refractivity contribution in [3.63, 3.8) is 0 Å². The third kappa shape index (κ3) is 3.91. The molecule has 1 saturated heterocycles. The first-order chi connectivity index (χ1) is 9.97. The molecule has 2 rings (SSSR count). The van der Waals surface area contributed by atoms with E-state index in [1.165, 1.54) is 16.7 Å². The highest BCUT2D eigenvalue weighted by atomic mass is 32.2. The molecule has 0 bridgehead atoms. The predicted octanol–water partition coefficient (Wildman–Crippen LogP) is 2.20. The van der Waals surface area contributed by atoms with Crippen LogP contribution in [0.25, 0.3) is 0 Å². The molecular formula is C12H11FN2O5S. The Morgan fingerprint density at radius 3 is 2.90 bits per heavy atom. The molecule has 1 heterocycles. The van der Waals surface area contributed by atoms with Crippen molar-refractivity contribution < 1.29 is 23.6 Å². The van der Waals surface area contributed by atoms with Crippen molar-refractivity contribution in [2.45, 2.75) is 6.42 Å². The van der Waals surface area contributed by atoms with Crippen molar-refractivity contribution in [2.24, 2.45) is 0 Å². The zero-order valence-corrected chi connectivity index (χ0v) is 11.6. The minimum atomic E-state index is -0.761. The van der Waals surface area contributed by atoms with E-state index in [1.807, 2.05) is 0 Å². The standard InChI is InChI=1S/C12H11FN2O5S/c13-8-1-2-9(15(18)19)10(7-8)20-11(16)3-4-14-5-6-21-12(14)17/h1-2,7H,3-6H2. The SMILES string of the molecule is O=C(CCN1CCSC1=O)Oc1cc(F)ccc1[N+](=O)[O-]. The molecular weight excluding hydrogens is 303 g/mol. The van der Waals surface area contributed by atoms with Crippen LogP contribution in [-0.2, 0) is 4.79 Å². The Balaban J connectivity index is 1.97. The van der Waals surface area contributed by atoms with E-state index in [9.17, 15) is 24.1 Å². The predicted molar refractivity (Wildman–Crippen MR) is 72.7 cm³/mol. The average Bonchev–Trinajstić information content (AvgIpc) is 2.81. The molecule has 1 aromatic rings. The lowest BCUT2D eigenvalue weighted by atomic mass is 10.3. The minimum absolute atomic E-state index is 0.111. The maximum atomic E-state index is 13.1. The minimum Gasteiger partial charge on any atom is -0.419 e. The van der Waals surface area contributed by atoms with Gasteiger partial charge in [-0.2, -0.15) is 0 Å². The van der Waals surface area contributed by atoms with Crippen LogP contribution in [0.15, 0.2) is 18.2 Å². The summed E-state index contributed by atoms with van der Waals surface area (Å²) in [7, 11) is 0.